The minimum Gasteiger partial charge on any atom is -0.354 e. The lowest BCUT2D eigenvalue weighted by molar-refractivity contribution is -0.127. The number of nitrogens with one attached hydrogen (secondary N) is 2. The highest BCUT2D eigenvalue weighted by molar-refractivity contribution is 6.04. The molecule has 1 aromatic heterocycles. The van der Waals surface area contributed by atoms with Crippen molar-refractivity contribution >= 4 is 22.7 Å². The predicted octanol–water partition coefficient (Wildman–Crippen LogP) is 6.64. The number of benzene rings is 3. The third kappa shape index (κ3) is 5.53. The highest BCUT2D eigenvalue weighted by atomic mass is 16.2. The van der Waals surface area contributed by atoms with Crippen LogP contribution in [0.25, 0.3) is 22.2 Å². The quantitative estimate of drug-likeness (QED) is 0.194. The molecule has 2 heterocycles. The number of amides is 2. The molecule has 5 rings (SSSR count). The monoisotopic (exact) mass is 550 g/mol. The minimum atomic E-state index is -0.601. The number of fused-ring (bicyclic) bond motifs is 2. The molecule has 41 heavy (non-hydrogen) atoms. The molecule has 0 saturated heterocycles. The molecule has 4 aromatic rings. The van der Waals surface area contributed by atoms with Crippen LogP contribution in [0, 0.1) is 5.92 Å². The van der Waals surface area contributed by atoms with Crippen molar-refractivity contribution in [2.45, 2.75) is 52.6 Å². The maximum Gasteiger partial charge on any atom is 0.255 e. The van der Waals surface area contributed by atoms with Crippen LogP contribution in [0.5, 0.6) is 0 Å². The number of hydrogen-bond donors (Lipinski definition) is 2. The second-order valence-electron chi connectivity index (χ2n) is 11.0. The number of nitrogens with zero attached hydrogens (tertiary/aromatic N) is 2. The Bertz CT molecular complexity index is 1490. The predicted molar refractivity (Wildman–Crippen MR) is 167 cm³/mol. The molecule has 3 atom stereocenters. The first-order chi connectivity index (χ1) is 20.0. The Labute approximate surface area is 243 Å². The summed E-state index contributed by atoms with van der Waals surface area (Å²) in [5.41, 5.74) is 5.70. The van der Waals surface area contributed by atoms with Crippen LogP contribution in [-0.2, 0) is 4.79 Å². The molecule has 3 unspecified atom stereocenters. The molecule has 214 valence electrons. The number of rotatable bonds is 12. The second-order valence-corrected chi connectivity index (χ2v) is 11.0. The Hall–Kier alpha value is -3.90. The summed E-state index contributed by atoms with van der Waals surface area (Å²) >= 11 is 0. The van der Waals surface area contributed by atoms with Gasteiger partial charge in [-0.1, -0.05) is 101 Å². The number of para-hydroxylation sites is 1. The Morgan fingerprint density at radius 2 is 1.63 bits per heavy atom. The van der Waals surface area contributed by atoms with E-state index in [9.17, 15) is 9.59 Å². The zero-order valence-corrected chi connectivity index (χ0v) is 24.7. The van der Waals surface area contributed by atoms with E-state index in [2.05, 4.69) is 67.2 Å². The van der Waals surface area contributed by atoms with Crippen molar-refractivity contribution < 1.29 is 9.59 Å². The van der Waals surface area contributed by atoms with E-state index in [1.165, 1.54) is 0 Å². The van der Waals surface area contributed by atoms with Crippen molar-refractivity contribution in [3.8, 4) is 11.3 Å². The van der Waals surface area contributed by atoms with Gasteiger partial charge in [0.2, 0.25) is 5.91 Å². The molecule has 0 fully saturated rings. The molecule has 0 aliphatic carbocycles. The van der Waals surface area contributed by atoms with Gasteiger partial charge in [0.1, 0.15) is 6.04 Å². The van der Waals surface area contributed by atoms with Gasteiger partial charge < -0.3 is 20.1 Å². The zero-order valence-electron chi connectivity index (χ0n) is 24.7. The summed E-state index contributed by atoms with van der Waals surface area (Å²) < 4.78 is 0. The van der Waals surface area contributed by atoms with Crippen molar-refractivity contribution in [2.75, 3.05) is 26.2 Å². The molecule has 1 aliphatic rings. The van der Waals surface area contributed by atoms with Gasteiger partial charge in [0.15, 0.2) is 0 Å². The summed E-state index contributed by atoms with van der Waals surface area (Å²) in [4.78, 5) is 36.2. The van der Waals surface area contributed by atoms with Crippen LogP contribution >= 0.6 is 0 Å². The lowest BCUT2D eigenvalue weighted by atomic mass is 9.90. The lowest BCUT2D eigenvalue weighted by Gasteiger charge is -2.36. The molecule has 0 radical (unpaired) electrons. The Kier molecular flexibility index (Phi) is 8.89. The molecule has 0 bridgehead atoms. The van der Waals surface area contributed by atoms with Crippen LogP contribution < -0.4 is 5.32 Å². The van der Waals surface area contributed by atoms with Crippen LogP contribution in [0.4, 0.5) is 0 Å². The third-order valence-corrected chi connectivity index (χ3v) is 8.68. The number of hydrogen-bond acceptors (Lipinski definition) is 3. The van der Waals surface area contributed by atoms with E-state index in [0.29, 0.717) is 12.1 Å². The van der Waals surface area contributed by atoms with E-state index < -0.39 is 12.1 Å². The van der Waals surface area contributed by atoms with E-state index in [4.69, 9.17) is 0 Å². The standard InChI is InChI=1S/C35H42N4O2/c1-5-24(4)32(34(40)36-22-15-23-38(6-2)7-3)39-33(26-18-11-12-19-27(26)35(39)41)30-28-20-13-14-21-29(28)37-31(30)25-16-9-8-10-17-25/h8-14,16-21,24,32-33,37H,5-7,15,22-23H2,1-4H3,(H,36,40). The minimum absolute atomic E-state index is 0.0241. The van der Waals surface area contributed by atoms with Crippen molar-refractivity contribution in [3.05, 3.63) is 95.6 Å². The first-order valence-electron chi connectivity index (χ1n) is 15.1. The normalized spacial score (nSPS) is 16.3. The third-order valence-electron chi connectivity index (χ3n) is 8.68. The van der Waals surface area contributed by atoms with E-state index in [1.807, 2.05) is 59.5 Å². The van der Waals surface area contributed by atoms with Crippen LogP contribution in [0.2, 0.25) is 0 Å². The summed E-state index contributed by atoms with van der Waals surface area (Å²) in [6.45, 7) is 12.0. The fourth-order valence-corrected chi connectivity index (χ4v) is 6.24. The number of aromatic nitrogens is 1. The van der Waals surface area contributed by atoms with E-state index in [-0.39, 0.29) is 17.7 Å². The number of carbonyl (C=O) groups excluding carboxylic acids is 2. The van der Waals surface area contributed by atoms with Gasteiger partial charge in [0.25, 0.3) is 5.91 Å². The molecule has 2 N–H and O–H groups in total. The van der Waals surface area contributed by atoms with Gasteiger partial charge in [-0.05, 0) is 55.2 Å². The van der Waals surface area contributed by atoms with Crippen LogP contribution in [0.3, 0.4) is 0 Å². The Morgan fingerprint density at radius 1 is 0.951 bits per heavy atom. The first-order valence-corrected chi connectivity index (χ1v) is 15.1. The summed E-state index contributed by atoms with van der Waals surface area (Å²) in [5, 5.41) is 4.27. The maximum atomic E-state index is 14.3. The molecule has 2 amide bonds. The molecule has 3 aromatic carbocycles. The highest BCUT2D eigenvalue weighted by Crippen LogP contribution is 2.47. The van der Waals surface area contributed by atoms with Gasteiger partial charge >= 0.3 is 0 Å². The van der Waals surface area contributed by atoms with Gasteiger partial charge in [-0.25, -0.2) is 0 Å². The first kappa shape index (κ1) is 28.6. The van der Waals surface area contributed by atoms with Crippen LogP contribution in [0.1, 0.15) is 68.1 Å². The molecule has 0 saturated carbocycles. The van der Waals surface area contributed by atoms with Crippen molar-refractivity contribution in [3.63, 3.8) is 0 Å². The molecular weight excluding hydrogens is 508 g/mol. The highest BCUT2D eigenvalue weighted by Gasteiger charge is 2.47. The fourth-order valence-electron chi connectivity index (χ4n) is 6.24. The van der Waals surface area contributed by atoms with Crippen LogP contribution in [0.15, 0.2) is 78.9 Å². The van der Waals surface area contributed by atoms with Gasteiger partial charge in [0.05, 0.1) is 11.7 Å². The van der Waals surface area contributed by atoms with E-state index >= 15 is 0 Å². The Morgan fingerprint density at radius 3 is 2.37 bits per heavy atom. The smallest absolute Gasteiger partial charge is 0.255 e. The van der Waals surface area contributed by atoms with E-state index in [1.54, 1.807) is 0 Å². The molecular formula is C35H42N4O2. The number of carbonyl (C=O) groups is 2. The largest absolute Gasteiger partial charge is 0.354 e. The molecule has 6 heteroatoms. The van der Waals surface area contributed by atoms with Crippen molar-refractivity contribution in [1.29, 1.82) is 0 Å². The van der Waals surface area contributed by atoms with Gasteiger partial charge in [-0.15, -0.1) is 0 Å². The average molecular weight is 551 g/mol. The summed E-state index contributed by atoms with van der Waals surface area (Å²) in [6, 6.07) is 25.4. The molecule has 0 spiro atoms. The van der Waals surface area contributed by atoms with Gasteiger partial charge in [0, 0.05) is 28.6 Å². The molecule has 1 aliphatic heterocycles. The van der Waals surface area contributed by atoms with E-state index in [0.717, 1.165) is 65.8 Å². The van der Waals surface area contributed by atoms with Gasteiger partial charge in [-0.3, -0.25) is 9.59 Å². The SMILES string of the molecule is CCC(C)C(C(=O)NCCCN(CC)CC)N1C(=O)c2ccccc2C1c1c(-c2ccccc2)[nH]c2ccccc12. The van der Waals surface area contributed by atoms with Crippen molar-refractivity contribution in [2.24, 2.45) is 5.92 Å². The average Bonchev–Trinajstić information content (AvgIpc) is 3.53. The summed E-state index contributed by atoms with van der Waals surface area (Å²) in [7, 11) is 0. The Balaban J connectivity index is 1.60. The second kappa shape index (κ2) is 12.7. The fraction of sp³-hybridized carbons (Fsp3) is 0.371. The molecule has 6 nitrogen and oxygen atoms in total. The lowest BCUT2D eigenvalue weighted by Crippen LogP contribution is -2.52. The topological polar surface area (TPSA) is 68.4 Å². The number of H-pyrrole nitrogens is 1. The maximum absolute atomic E-state index is 14.3. The van der Waals surface area contributed by atoms with Crippen LogP contribution in [-0.4, -0.2) is 58.8 Å². The zero-order chi connectivity index (χ0) is 28.9. The van der Waals surface area contributed by atoms with Crippen molar-refractivity contribution in [1.82, 2.24) is 20.1 Å². The summed E-state index contributed by atoms with van der Waals surface area (Å²) in [5.74, 6) is -0.187. The summed E-state index contributed by atoms with van der Waals surface area (Å²) in [6.07, 6.45) is 1.66. The number of aromatic amines is 1. The van der Waals surface area contributed by atoms with Gasteiger partial charge in [-0.2, -0.15) is 0 Å².